The molecule has 3 aromatic rings. The van der Waals surface area contributed by atoms with Crippen LogP contribution in [-0.4, -0.2) is 38.2 Å². The molecule has 1 aliphatic heterocycles. The Labute approximate surface area is 161 Å². The van der Waals surface area contributed by atoms with E-state index in [1.165, 1.54) is 16.8 Å². The topological polar surface area (TPSA) is 60.1 Å². The first-order valence-corrected chi connectivity index (χ1v) is 9.31. The zero-order valence-electron chi connectivity index (χ0n) is 15.6. The first-order valence-electron chi connectivity index (χ1n) is 9.31. The van der Waals surface area contributed by atoms with E-state index in [9.17, 15) is 14.0 Å². The Hall–Kier alpha value is -3.22. The number of halogens is 1. The number of benzene rings is 2. The van der Waals surface area contributed by atoms with Crippen molar-refractivity contribution in [1.29, 1.82) is 0 Å². The SMILES string of the molecule is Cn1nc(C2CCN(C(=O)c3ccccc3F)CC2)n(-c2ccccc2)c1=O. The maximum absolute atomic E-state index is 13.9. The average Bonchev–Trinajstić information content (AvgIpc) is 3.03. The minimum Gasteiger partial charge on any atom is -0.339 e. The fourth-order valence-corrected chi connectivity index (χ4v) is 3.71. The highest BCUT2D eigenvalue weighted by Crippen LogP contribution is 2.28. The van der Waals surface area contributed by atoms with Crippen LogP contribution in [0.5, 0.6) is 0 Å². The number of para-hydroxylation sites is 1. The third-order valence-corrected chi connectivity index (χ3v) is 5.22. The molecule has 2 heterocycles. The smallest absolute Gasteiger partial charge is 0.339 e. The van der Waals surface area contributed by atoms with Gasteiger partial charge in [0, 0.05) is 26.1 Å². The first kappa shape index (κ1) is 18.2. The number of aromatic nitrogens is 3. The molecule has 0 bridgehead atoms. The van der Waals surface area contributed by atoms with Crippen LogP contribution in [0, 0.1) is 5.82 Å². The number of hydrogen-bond donors (Lipinski definition) is 0. The largest absolute Gasteiger partial charge is 0.350 e. The second-order valence-corrected chi connectivity index (χ2v) is 6.98. The number of carbonyl (C=O) groups excluding carboxylic acids is 1. The van der Waals surface area contributed by atoms with Gasteiger partial charge in [0.25, 0.3) is 5.91 Å². The molecule has 1 saturated heterocycles. The maximum atomic E-state index is 13.9. The lowest BCUT2D eigenvalue weighted by molar-refractivity contribution is 0.0706. The summed E-state index contributed by atoms with van der Waals surface area (Å²) in [5.74, 6) is -0.0363. The number of amides is 1. The van der Waals surface area contributed by atoms with Crippen molar-refractivity contribution in [2.24, 2.45) is 7.05 Å². The monoisotopic (exact) mass is 380 g/mol. The minimum absolute atomic E-state index is 0.0544. The molecule has 4 rings (SSSR count). The molecule has 7 heteroatoms. The van der Waals surface area contributed by atoms with Crippen LogP contribution in [0.3, 0.4) is 0 Å². The number of carbonyl (C=O) groups is 1. The van der Waals surface area contributed by atoms with Crippen LogP contribution in [-0.2, 0) is 7.05 Å². The molecule has 28 heavy (non-hydrogen) atoms. The fourth-order valence-electron chi connectivity index (χ4n) is 3.71. The molecule has 1 aliphatic rings. The van der Waals surface area contributed by atoms with E-state index >= 15 is 0 Å². The zero-order valence-corrected chi connectivity index (χ0v) is 15.6. The van der Waals surface area contributed by atoms with Gasteiger partial charge in [-0.25, -0.2) is 18.4 Å². The highest BCUT2D eigenvalue weighted by molar-refractivity contribution is 5.94. The van der Waals surface area contributed by atoms with E-state index in [-0.39, 0.29) is 23.1 Å². The maximum Gasteiger partial charge on any atom is 0.350 e. The summed E-state index contributed by atoms with van der Waals surface area (Å²) in [5, 5.41) is 4.46. The molecule has 0 atom stereocenters. The standard InChI is InChI=1S/C21H21FN4O2/c1-24-21(28)26(16-7-3-2-4-8-16)19(23-24)15-11-13-25(14-12-15)20(27)17-9-5-6-10-18(17)22/h2-10,15H,11-14H2,1H3. The molecular formula is C21H21FN4O2. The summed E-state index contributed by atoms with van der Waals surface area (Å²) in [5.41, 5.74) is 0.687. The van der Waals surface area contributed by atoms with Gasteiger partial charge in [-0.2, -0.15) is 5.10 Å². The van der Waals surface area contributed by atoms with Gasteiger partial charge in [0.15, 0.2) is 0 Å². The Kier molecular flexibility index (Phi) is 4.81. The van der Waals surface area contributed by atoms with Gasteiger partial charge in [-0.1, -0.05) is 30.3 Å². The van der Waals surface area contributed by atoms with Crippen molar-refractivity contribution in [3.05, 3.63) is 82.3 Å². The second-order valence-electron chi connectivity index (χ2n) is 6.98. The number of nitrogens with zero attached hydrogens (tertiary/aromatic N) is 4. The zero-order chi connectivity index (χ0) is 19.7. The second kappa shape index (κ2) is 7.42. The molecule has 144 valence electrons. The molecule has 1 fully saturated rings. The normalized spacial score (nSPS) is 15.0. The Morgan fingerprint density at radius 3 is 2.36 bits per heavy atom. The van der Waals surface area contributed by atoms with Crippen molar-refractivity contribution in [2.45, 2.75) is 18.8 Å². The summed E-state index contributed by atoms with van der Waals surface area (Å²) in [7, 11) is 1.64. The lowest BCUT2D eigenvalue weighted by atomic mass is 9.95. The molecule has 1 amide bonds. The molecule has 6 nitrogen and oxygen atoms in total. The lowest BCUT2D eigenvalue weighted by Gasteiger charge is -2.31. The van der Waals surface area contributed by atoms with E-state index in [2.05, 4.69) is 5.10 Å². The van der Waals surface area contributed by atoms with Crippen molar-refractivity contribution >= 4 is 5.91 Å². The van der Waals surface area contributed by atoms with Crippen LogP contribution in [0.2, 0.25) is 0 Å². The molecule has 0 aliphatic carbocycles. The molecule has 2 aromatic carbocycles. The predicted octanol–water partition coefficient (Wildman–Crippen LogP) is 2.73. The van der Waals surface area contributed by atoms with Crippen molar-refractivity contribution in [2.75, 3.05) is 13.1 Å². The first-order chi connectivity index (χ1) is 13.6. The molecule has 0 spiro atoms. The molecule has 0 N–H and O–H groups in total. The quantitative estimate of drug-likeness (QED) is 0.702. The third-order valence-electron chi connectivity index (χ3n) is 5.22. The number of piperidine rings is 1. The van der Waals surface area contributed by atoms with Crippen molar-refractivity contribution in [1.82, 2.24) is 19.2 Å². The van der Waals surface area contributed by atoms with Crippen molar-refractivity contribution in [3.63, 3.8) is 0 Å². The Morgan fingerprint density at radius 1 is 1.04 bits per heavy atom. The van der Waals surface area contributed by atoms with Crippen LogP contribution in [0.25, 0.3) is 5.69 Å². The van der Waals surface area contributed by atoms with Gasteiger partial charge in [0.2, 0.25) is 0 Å². The van der Waals surface area contributed by atoms with E-state index in [1.807, 2.05) is 30.3 Å². The molecule has 0 radical (unpaired) electrons. The summed E-state index contributed by atoms with van der Waals surface area (Å²) in [6.45, 7) is 0.995. The number of aryl methyl sites for hydroxylation is 1. The Balaban J connectivity index is 1.55. The minimum atomic E-state index is -0.503. The van der Waals surface area contributed by atoms with Crippen LogP contribution >= 0.6 is 0 Å². The summed E-state index contributed by atoms with van der Waals surface area (Å²) in [4.78, 5) is 26.9. The fraction of sp³-hybridized carbons (Fsp3) is 0.286. The lowest BCUT2D eigenvalue weighted by Crippen LogP contribution is -2.39. The average molecular weight is 380 g/mol. The van der Waals surface area contributed by atoms with Crippen LogP contribution < -0.4 is 5.69 Å². The summed E-state index contributed by atoms with van der Waals surface area (Å²) >= 11 is 0. The van der Waals surface area contributed by atoms with E-state index in [0.717, 1.165) is 5.69 Å². The van der Waals surface area contributed by atoms with Crippen LogP contribution in [0.15, 0.2) is 59.4 Å². The molecule has 0 saturated carbocycles. The van der Waals surface area contributed by atoms with Gasteiger partial charge in [-0.05, 0) is 37.1 Å². The van der Waals surface area contributed by atoms with Crippen molar-refractivity contribution in [3.8, 4) is 5.69 Å². The highest BCUT2D eigenvalue weighted by Gasteiger charge is 2.29. The van der Waals surface area contributed by atoms with Gasteiger partial charge < -0.3 is 4.90 Å². The third kappa shape index (κ3) is 3.24. The van der Waals surface area contributed by atoms with Gasteiger partial charge in [-0.3, -0.25) is 4.79 Å². The van der Waals surface area contributed by atoms with E-state index < -0.39 is 5.82 Å². The predicted molar refractivity (Wildman–Crippen MR) is 103 cm³/mol. The van der Waals surface area contributed by atoms with Gasteiger partial charge >= 0.3 is 5.69 Å². The van der Waals surface area contributed by atoms with Gasteiger partial charge in [0.05, 0.1) is 11.3 Å². The van der Waals surface area contributed by atoms with Crippen LogP contribution in [0.4, 0.5) is 4.39 Å². The van der Waals surface area contributed by atoms with Crippen molar-refractivity contribution < 1.29 is 9.18 Å². The number of rotatable bonds is 3. The Bertz CT molecular complexity index is 1050. The Morgan fingerprint density at radius 2 is 1.68 bits per heavy atom. The van der Waals surface area contributed by atoms with Gasteiger partial charge in [0.1, 0.15) is 11.6 Å². The van der Waals surface area contributed by atoms with E-state index in [0.29, 0.717) is 31.8 Å². The number of likely N-dealkylation sites (tertiary alicyclic amines) is 1. The van der Waals surface area contributed by atoms with Gasteiger partial charge in [-0.15, -0.1) is 0 Å². The molecule has 1 aromatic heterocycles. The molecular weight excluding hydrogens is 359 g/mol. The molecule has 0 unspecified atom stereocenters. The van der Waals surface area contributed by atoms with E-state index in [4.69, 9.17) is 0 Å². The van der Waals surface area contributed by atoms with E-state index in [1.54, 1.807) is 28.6 Å². The highest BCUT2D eigenvalue weighted by atomic mass is 19.1. The number of hydrogen-bond acceptors (Lipinski definition) is 3. The summed E-state index contributed by atoms with van der Waals surface area (Å²) in [6.07, 6.45) is 1.34. The van der Waals surface area contributed by atoms with Crippen LogP contribution in [0.1, 0.15) is 34.9 Å². The summed E-state index contributed by atoms with van der Waals surface area (Å²) in [6, 6.07) is 15.5. The summed E-state index contributed by atoms with van der Waals surface area (Å²) < 4.78 is 16.9.